The van der Waals surface area contributed by atoms with Gasteiger partial charge in [-0.1, -0.05) is 6.58 Å². The number of rotatable bonds is 1. The van der Waals surface area contributed by atoms with Gasteiger partial charge in [0, 0.05) is 10.3 Å². The fourth-order valence-electron chi connectivity index (χ4n) is 1.32. The lowest BCUT2D eigenvalue weighted by Crippen LogP contribution is -1.84. The van der Waals surface area contributed by atoms with Gasteiger partial charge < -0.3 is 5.11 Å². The average molecular weight is 203 g/mol. The average Bonchev–Trinajstić information content (AvgIpc) is 2.16. The lowest BCUT2D eigenvalue weighted by Gasteiger charge is -2.02. The van der Waals surface area contributed by atoms with Gasteiger partial charge in [-0.15, -0.1) is 12.6 Å². The molecule has 1 aromatic heterocycles. The number of aromatic hydroxyl groups is 1. The van der Waals surface area contributed by atoms with Gasteiger partial charge in [0.25, 0.3) is 0 Å². The third-order valence-corrected chi connectivity index (χ3v) is 2.28. The summed E-state index contributed by atoms with van der Waals surface area (Å²) in [6.07, 6.45) is 1.53. The van der Waals surface area contributed by atoms with Crippen LogP contribution in [0.15, 0.2) is 35.7 Å². The van der Waals surface area contributed by atoms with Crippen molar-refractivity contribution in [2.24, 2.45) is 0 Å². The molecule has 0 aliphatic rings. The molecule has 1 heterocycles. The van der Waals surface area contributed by atoms with Crippen LogP contribution in [0, 0.1) is 0 Å². The first-order chi connectivity index (χ1) is 6.70. The number of thiol groups is 1. The first-order valence-corrected chi connectivity index (χ1v) is 4.60. The smallest absolute Gasteiger partial charge is 0.141 e. The normalized spacial score (nSPS) is 10.4. The zero-order valence-corrected chi connectivity index (χ0v) is 8.33. The second-order valence-corrected chi connectivity index (χ2v) is 3.49. The molecular weight excluding hydrogens is 194 g/mol. The van der Waals surface area contributed by atoms with Gasteiger partial charge in [-0.2, -0.15) is 0 Å². The molecule has 0 atom stereocenters. The van der Waals surface area contributed by atoms with Crippen LogP contribution in [-0.4, -0.2) is 10.1 Å². The van der Waals surface area contributed by atoms with E-state index in [1.54, 1.807) is 6.07 Å². The fourth-order valence-corrected chi connectivity index (χ4v) is 1.53. The Hall–Kier alpha value is -1.48. The highest BCUT2D eigenvalue weighted by Crippen LogP contribution is 2.24. The number of hydrogen-bond donors (Lipinski definition) is 2. The Labute approximate surface area is 87.3 Å². The van der Waals surface area contributed by atoms with Gasteiger partial charge in [-0.25, -0.2) is 4.98 Å². The second-order valence-electron chi connectivity index (χ2n) is 2.97. The highest BCUT2D eigenvalue weighted by molar-refractivity contribution is 7.80. The Morgan fingerprint density at radius 1 is 1.36 bits per heavy atom. The molecule has 2 aromatic rings. The topological polar surface area (TPSA) is 33.1 Å². The van der Waals surface area contributed by atoms with Gasteiger partial charge in [-0.3, -0.25) is 0 Å². The summed E-state index contributed by atoms with van der Waals surface area (Å²) in [6.45, 7) is 3.58. The quantitative estimate of drug-likeness (QED) is 0.699. The summed E-state index contributed by atoms with van der Waals surface area (Å²) in [6, 6.07) is 7.25. The number of nitrogens with zero attached hydrogens (tertiary/aromatic N) is 1. The van der Waals surface area contributed by atoms with Crippen LogP contribution in [0.2, 0.25) is 0 Å². The first kappa shape index (κ1) is 9.09. The van der Waals surface area contributed by atoms with Crippen molar-refractivity contribution in [3.63, 3.8) is 0 Å². The summed E-state index contributed by atoms with van der Waals surface area (Å²) >= 11 is 4.21. The summed E-state index contributed by atoms with van der Waals surface area (Å²) in [5.41, 5.74) is 1.33. The predicted molar refractivity (Wildman–Crippen MR) is 60.8 cm³/mol. The molecule has 0 fully saturated rings. The number of hydrogen-bond acceptors (Lipinski definition) is 3. The van der Waals surface area contributed by atoms with E-state index in [0.29, 0.717) is 5.69 Å². The summed E-state index contributed by atoms with van der Waals surface area (Å²) in [5, 5.41) is 10.4. The van der Waals surface area contributed by atoms with Crippen molar-refractivity contribution >= 4 is 29.6 Å². The number of aromatic nitrogens is 1. The van der Waals surface area contributed by atoms with Gasteiger partial charge in [0.05, 0.1) is 5.52 Å². The van der Waals surface area contributed by atoms with Gasteiger partial charge in [0.15, 0.2) is 0 Å². The van der Waals surface area contributed by atoms with E-state index in [9.17, 15) is 5.11 Å². The van der Waals surface area contributed by atoms with Crippen molar-refractivity contribution < 1.29 is 5.11 Å². The molecule has 1 N–H and O–H groups in total. The maximum Gasteiger partial charge on any atom is 0.141 e. The Bertz CT molecular complexity index is 508. The molecule has 1 aromatic carbocycles. The van der Waals surface area contributed by atoms with E-state index in [0.717, 1.165) is 15.8 Å². The molecule has 2 rings (SSSR count). The molecule has 70 valence electrons. The van der Waals surface area contributed by atoms with Crippen molar-refractivity contribution in [2.75, 3.05) is 0 Å². The van der Waals surface area contributed by atoms with Gasteiger partial charge in [0.2, 0.25) is 0 Å². The summed E-state index contributed by atoms with van der Waals surface area (Å²) in [5.74, 6) is 0.145. The molecule has 0 radical (unpaired) electrons. The zero-order valence-electron chi connectivity index (χ0n) is 7.44. The van der Waals surface area contributed by atoms with E-state index < -0.39 is 0 Å². The number of fused-ring (bicyclic) bond motifs is 1. The van der Waals surface area contributed by atoms with Crippen molar-refractivity contribution in [3.8, 4) is 5.75 Å². The molecule has 0 saturated carbocycles. The van der Waals surface area contributed by atoms with Crippen LogP contribution in [0.3, 0.4) is 0 Å². The minimum atomic E-state index is 0.145. The molecule has 0 aliphatic carbocycles. The SMILES string of the molecule is C=Cc1nc2ccc(S)cc2cc1O. The number of pyridine rings is 1. The Morgan fingerprint density at radius 3 is 2.86 bits per heavy atom. The van der Waals surface area contributed by atoms with Crippen LogP contribution >= 0.6 is 12.6 Å². The van der Waals surface area contributed by atoms with Gasteiger partial charge in [-0.05, 0) is 30.3 Å². The van der Waals surface area contributed by atoms with E-state index in [4.69, 9.17) is 0 Å². The number of benzene rings is 1. The zero-order chi connectivity index (χ0) is 10.1. The highest BCUT2D eigenvalue weighted by Gasteiger charge is 2.02. The fraction of sp³-hybridized carbons (Fsp3) is 0. The third-order valence-electron chi connectivity index (χ3n) is 2.00. The molecule has 3 heteroatoms. The molecule has 0 aliphatic heterocycles. The first-order valence-electron chi connectivity index (χ1n) is 4.16. The van der Waals surface area contributed by atoms with E-state index in [1.807, 2.05) is 18.2 Å². The molecule has 0 bridgehead atoms. The highest BCUT2D eigenvalue weighted by atomic mass is 32.1. The standard InChI is InChI=1S/C11H9NOS/c1-2-9-11(13)6-7-5-8(14)3-4-10(7)12-9/h2-6,13-14H,1H2. The third kappa shape index (κ3) is 1.46. The van der Waals surface area contributed by atoms with Crippen LogP contribution in [0.25, 0.3) is 17.0 Å². The van der Waals surface area contributed by atoms with E-state index in [2.05, 4.69) is 24.2 Å². The van der Waals surface area contributed by atoms with Crippen LogP contribution in [0.1, 0.15) is 5.69 Å². The largest absolute Gasteiger partial charge is 0.506 e. The Balaban J connectivity index is 2.79. The van der Waals surface area contributed by atoms with Crippen molar-refractivity contribution in [1.82, 2.24) is 4.98 Å². The second kappa shape index (κ2) is 3.35. The molecule has 0 unspecified atom stereocenters. The van der Waals surface area contributed by atoms with E-state index in [-0.39, 0.29) is 5.75 Å². The minimum absolute atomic E-state index is 0.145. The van der Waals surface area contributed by atoms with E-state index in [1.165, 1.54) is 6.08 Å². The van der Waals surface area contributed by atoms with Crippen molar-refractivity contribution in [3.05, 3.63) is 36.5 Å². The van der Waals surface area contributed by atoms with Crippen LogP contribution in [-0.2, 0) is 0 Å². The molecule has 2 nitrogen and oxygen atoms in total. The molecule has 0 spiro atoms. The summed E-state index contributed by atoms with van der Waals surface area (Å²) < 4.78 is 0. The molecular formula is C11H9NOS. The summed E-state index contributed by atoms with van der Waals surface area (Å²) in [4.78, 5) is 5.08. The monoisotopic (exact) mass is 203 g/mol. The van der Waals surface area contributed by atoms with Gasteiger partial charge >= 0.3 is 0 Å². The Morgan fingerprint density at radius 2 is 2.14 bits per heavy atom. The molecule has 0 saturated heterocycles. The van der Waals surface area contributed by atoms with Crippen LogP contribution in [0.5, 0.6) is 5.75 Å². The van der Waals surface area contributed by atoms with Crippen LogP contribution in [0.4, 0.5) is 0 Å². The molecule has 14 heavy (non-hydrogen) atoms. The van der Waals surface area contributed by atoms with Crippen molar-refractivity contribution in [1.29, 1.82) is 0 Å². The van der Waals surface area contributed by atoms with Gasteiger partial charge in [0.1, 0.15) is 11.4 Å². The predicted octanol–water partition coefficient (Wildman–Crippen LogP) is 2.87. The lowest BCUT2D eigenvalue weighted by molar-refractivity contribution is 0.472. The summed E-state index contributed by atoms with van der Waals surface area (Å²) in [7, 11) is 0. The lowest BCUT2D eigenvalue weighted by atomic mass is 10.2. The maximum absolute atomic E-state index is 9.54. The minimum Gasteiger partial charge on any atom is -0.506 e. The molecule has 0 amide bonds. The van der Waals surface area contributed by atoms with E-state index >= 15 is 0 Å². The maximum atomic E-state index is 9.54. The Kier molecular flexibility index (Phi) is 2.17. The van der Waals surface area contributed by atoms with Crippen LogP contribution < -0.4 is 0 Å². The van der Waals surface area contributed by atoms with Crippen molar-refractivity contribution in [2.45, 2.75) is 4.90 Å².